The summed E-state index contributed by atoms with van der Waals surface area (Å²) in [5, 5.41) is 7.20. The van der Waals surface area contributed by atoms with Crippen molar-refractivity contribution in [2.45, 2.75) is 26.2 Å². The molecule has 0 atom stereocenters. The number of amides is 2. The van der Waals surface area contributed by atoms with Crippen LogP contribution in [-0.4, -0.2) is 38.8 Å². The number of aryl methyl sites for hydroxylation is 2. The zero-order valence-corrected chi connectivity index (χ0v) is 13.7. The van der Waals surface area contributed by atoms with Gasteiger partial charge in [0.2, 0.25) is 0 Å². The van der Waals surface area contributed by atoms with Crippen molar-refractivity contribution in [3.05, 3.63) is 42.0 Å². The van der Waals surface area contributed by atoms with Gasteiger partial charge in [0.1, 0.15) is 0 Å². The third kappa shape index (κ3) is 3.88. The van der Waals surface area contributed by atoms with Gasteiger partial charge >= 0.3 is 6.03 Å². The lowest BCUT2D eigenvalue weighted by atomic mass is 9.91. The Balaban J connectivity index is 1.50. The van der Waals surface area contributed by atoms with Gasteiger partial charge in [-0.1, -0.05) is 6.07 Å². The third-order valence-electron chi connectivity index (χ3n) is 4.40. The van der Waals surface area contributed by atoms with Gasteiger partial charge in [0.25, 0.3) is 0 Å². The fourth-order valence-electron chi connectivity index (χ4n) is 3.11. The first kappa shape index (κ1) is 15.5. The summed E-state index contributed by atoms with van der Waals surface area (Å²) in [5.74, 6) is 0.628. The summed E-state index contributed by atoms with van der Waals surface area (Å²) < 4.78 is 1.71. The maximum Gasteiger partial charge on any atom is 0.321 e. The quantitative estimate of drug-likeness (QED) is 0.947. The highest BCUT2D eigenvalue weighted by atomic mass is 16.2. The Kier molecular flexibility index (Phi) is 4.60. The number of hydrogen-bond acceptors (Lipinski definition) is 3. The van der Waals surface area contributed by atoms with E-state index in [-0.39, 0.29) is 6.03 Å². The van der Waals surface area contributed by atoms with Gasteiger partial charge in [-0.05, 0) is 43.7 Å². The average molecular weight is 313 g/mol. The lowest BCUT2D eigenvalue weighted by Crippen LogP contribution is -2.41. The fraction of sp³-hybridized carbons (Fsp3) is 0.471. The normalized spacial score (nSPS) is 15.7. The van der Waals surface area contributed by atoms with Crippen molar-refractivity contribution in [1.82, 2.24) is 19.7 Å². The lowest BCUT2D eigenvalue weighted by molar-refractivity contribution is 0.182. The van der Waals surface area contributed by atoms with Gasteiger partial charge in [0.15, 0.2) is 0 Å². The average Bonchev–Trinajstić information content (AvgIpc) is 2.86. The summed E-state index contributed by atoms with van der Waals surface area (Å²) in [6.07, 6.45) is 8.69. The van der Waals surface area contributed by atoms with E-state index in [4.69, 9.17) is 0 Å². The summed E-state index contributed by atoms with van der Waals surface area (Å²) in [5.41, 5.74) is 2.91. The number of piperidine rings is 1. The first-order valence-electron chi connectivity index (χ1n) is 8.07. The molecule has 122 valence electrons. The Hall–Kier alpha value is -2.37. The van der Waals surface area contributed by atoms with E-state index in [1.54, 1.807) is 10.9 Å². The van der Waals surface area contributed by atoms with Crippen LogP contribution in [0.4, 0.5) is 10.5 Å². The van der Waals surface area contributed by atoms with Crippen molar-refractivity contribution in [3.63, 3.8) is 0 Å². The molecule has 0 aliphatic carbocycles. The minimum Gasteiger partial charge on any atom is -0.325 e. The number of aromatic nitrogens is 3. The number of nitrogens with one attached hydrogen (secondary N) is 1. The maximum absolute atomic E-state index is 12.4. The maximum atomic E-state index is 12.4. The monoisotopic (exact) mass is 313 g/mol. The van der Waals surface area contributed by atoms with Crippen molar-refractivity contribution >= 4 is 11.7 Å². The zero-order chi connectivity index (χ0) is 16.2. The van der Waals surface area contributed by atoms with E-state index in [9.17, 15) is 4.79 Å². The predicted octanol–water partition coefficient (Wildman–Crippen LogP) is 2.61. The molecule has 0 saturated carbocycles. The minimum absolute atomic E-state index is 0.0269. The van der Waals surface area contributed by atoms with Crippen LogP contribution in [0.3, 0.4) is 0 Å². The number of carbonyl (C=O) groups excluding carboxylic acids is 1. The highest BCUT2D eigenvalue weighted by Gasteiger charge is 2.23. The highest BCUT2D eigenvalue weighted by Crippen LogP contribution is 2.22. The molecule has 2 aromatic rings. The Morgan fingerprint density at radius 2 is 2.17 bits per heavy atom. The summed E-state index contributed by atoms with van der Waals surface area (Å²) >= 11 is 0. The molecule has 0 radical (unpaired) electrons. The first-order valence-corrected chi connectivity index (χ1v) is 8.07. The zero-order valence-electron chi connectivity index (χ0n) is 13.7. The van der Waals surface area contributed by atoms with Crippen molar-refractivity contribution in [1.29, 1.82) is 0 Å². The van der Waals surface area contributed by atoms with Crippen LogP contribution in [0.2, 0.25) is 0 Å². The lowest BCUT2D eigenvalue weighted by Gasteiger charge is -2.32. The molecular formula is C17H23N5O. The molecule has 0 spiro atoms. The van der Waals surface area contributed by atoms with Crippen LogP contribution < -0.4 is 5.32 Å². The molecule has 0 unspecified atom stereocenters. The van der Waals surface area contributed by atoms with Crippen LogP contribution in [0.15, 0.2) is 30.7 Å². The predicted molar refractivity (Wildman–Crippen MR) is 89.2 cm³/mol. The molecule has 1 aliphatic heterocycles. The summed E-state index contributed by atoms with van der Waals surface area (Å²) in [6.45, 7) is 3.50. The van der Waals surface area contributed by atoms with Gasteiger partial charge in [-0.2, -0.15) is 5.10 Å². The van der Waals surface area contributed by atoms with E-state index < -0.39 is 0 Å². The highest BCUT2D eigenvalue weighted by molar-refractivity contribution is 5.89. The summed E-state index contributed by atoms with van der Waals surface area (Å²) in [7, 11) is 1.85. The van der Waals surface area contributed by atoms with Crippen LogP contribution in [-0.2, 0) is 13.5 Å². The van der Waals surface area contributed by atoms with Crippen LogP contribution >= 0.6 is 0 Å². The number of pyridine rings is 1. The smallest absolute Gasteiger partial charge is 0.321 e. The molecule has 6 heteroatoms. The van der Waals surface area contributed by atoms with E-state index in [1.807, 2.05) is 37.3 Å². The van der Waals surface area contributed by atoms with Crippen LogP contribution in [0, 0.1) is 12.8 Å². The van der Waals surface area contributed by atoms with E-state index in [1.165, 1.54) is 5.56 Å². The molecule has 1 saturated heterocycles. The Morgan fingerprint density at radius 3 is 2.78 bits per heavy atom. The van der Waals surface area contributed by atoms with Gasteiger partial charge in [0, 0.05) is 38.7 Å². The Bertz CT molecular complexity index is 659. The number of anilines is 1. The second-order valence-corrected chi connectivity index (χ2v) is 6.23. The number of hydrogen-bond donors (Lipinski definition) is 1. The number of urea groups is 1. The number of likely N-dealkylation sites (tertiary alicyclic amines) is 1. The van der Waals surface area contributed by atoms with Crippen LogP contribution in [0.1, 0.15) is 24.1 Å². The molecule has 0 bridgehead atoms. The minimum atomic E-state index is -0.0269. The van der Waals surface area contributed by atoms with Gasteiger partial charge in [0.05, 0.1) is 11.4 Å². The molecule has 2 aromatic heterocycles. The van der Waals surface area contributed by atoms with E-state index >= 15 is 0 Å². The molecule has 1 N–H and O–H groups in total. The Morgan fingerprint density at radius 1 is 1.39 bits per heavy atom. The number of carbonyl (C=O) groups is 1. The first-order chi connectivity index (χ1) is 11.1. The molecular weight excluding hydrogens is 290 g/mol. The van der Waals surface area contributed by atoms with Gasteiger partial charge < -0.3 is 10.2 Å². The third-order valence-corrected chi connectivity index (χ3v) is 4.40. The van der Waals surface area contributed by atoms with E-state index in [2.05, 4.69) is 21.5 Å². The molecule has 3 rings (SSSR count). The van der Waals surface area contributed by atoms with Crippen molar-refractivity contribution in [3.8, 4) is 0 Å². The molecule has 3 heterocycles. The molecule has 1 fully saturated rings. The summed E-state index contributed by atoms with van der Waals surface area (Å²) in [4.78, 5) is 18.4. The molecule has 0 aromatic carbocycles. The van der Waals surface area contributed by atoms with Gasteiger partial charge in [-0.3, -0.25) is 9.67 Å². The SMILES string of the molecule is Cc1nn(C)cc1NC(=O)N1CCC(Cc2cccnc2)CC1. The van der Waals surface area contributed by atoms with Crippen LogP contribution in [0.5, 0.6) is 0 Å². The topological polar surface area (TPSA) is 63.1 Å². The van der Waals surface area contributed by atoms with Gasteiger partial charge in [-0.25, -0.2) is 4.79 Å². The molecule has 23 heavy (non-hydrogen) atoms. The fourth-order valence-corrected chi connectivity index (χ4v) is 3.11. The van der Waals surface area contributed by atoms with Crippen molar-refractivity contribution in [2.24, 2.45) is 13.0 Å². The standard InChI is InChI=1S/C17H23N5O/c1-13-16(12-21(2)20-13)19-17(23)22-8-5-14(6-9-22)10-15-4-3-7-18-11-15/h3-4,7,11-12,14H,5-6,8-10H2,1-2H3,(H,19,23). The molecule has 1 aliphatic rings. The van der Waals surface area contributed by atoms with Crippen LogP contribution in [0.25, 0.3) is 0 Å². The van der Waals surface area contributed by atoms with Crippen molar-refractivity contribution in [2.75, 3.05) is 18.4 Å². The second-order valence-electron chi connectivity index (χ2n) is 6.23. The summed E-state index contributed by atoms with van der Waals surface area (Å²) in [6, 6.07) is 4.08. The Labute approximate surface area is 136 Å². The number of rotatable bonds is 3. The van der Waals surface area contributed by atoms with Gasteiger partial charge in [-0.15, -0.1) is 0 Å². The second kappa shape index (κ2) is 6.81. The largest absolute Gasteiger partial charge is 0.325 e. The molecule has 2 amide bonds. The van der Waals surface area contributed by atoms with E-state index in [0.29, 0.717) is 5.92 Å². The molecule has 6 nitrogen and oxygen atoms in total. The van der Waals surface area contributed by atoms with E-state index in [0.717, 1.165) is 43.7 Å². The number of nitrogens with zero attached hydrogens (tertiary/aromatic N) is 4. The van der Waals surface area contributed by atoms with Crippen molar-refractivity contribution < 1.29 is 4.79 Å².